The van der Waals surface area contributed by atoms with E-state index < -0.39 is 6.04 Å². The summed E-state index contributed by atoms with van der Waals surface area (Å²) >= 11 is 0. The molecule has 0 bridgehead atoms. The molecule has 0 aliphatic rings. The highest BCUT2D eigenvalue weighted by Gasteiger charge is 2.20. The summed E-state index contributed by atoms with van der Waals surface area (Å²) in [4.78, 5) is 26.6. The minimum Gasteiger partial charge on any atom is -0.495 e. The van der Waals surface area contributed by atoms with Crippen LogP contribution in [0.1, 0.15) is 24.2 Å². The van der Waals surface area contributed by atoms with Gasteiger partial charge in [0.15, 0.2) is 0 Å². The predicted octanol–water partition coefficient (Wildman–Crippen LogP) is 4.48. The quantitative estimate of drug-likeness (QED) is 0.357. The summed E-state index contributed by atoms with van der Waals surface area (Å²) in [5.74, 6) is 0.944. The van der Waals surface area contributed by atoms with Gasteiger partial charge in [-0.1, -0.05) is 36.4 Å². The maximum atomic E-state index is 14.2. The van der Waals surface area contributed by atoms with E-state index >= 15 is 0 Å². The van der Waals surface area contributed by atoms with Gasteiger partial charge in [-0.3, -0.25) is 14.3 Å². The van der Waals surface area contributed by atoms with Gasteiger partial charge in [0.2, 0.25) is 5.95 Å². The Morgan fingerprint density at radius 1 is 1.08 bits per heavy atom. The molecule has 0 saturated carbocycles. The molecule has 3 aromatic heterocycles. The van der Waals surface area contributed by atoms with Crippen molar-refractivity contribution in [1.82, 2.24) is 19.5 Å². The minimum atomic E-state index is -0.416. The zero-order chi connectivity index (χ0) is 25.9. The molecule has 9 nitrogen and oxygen atoms in total. The molecule has 182 valence electrons. The Hall–Kier alpha value is -5.23. The van der Waals surface area contributed by atoms with E-state index in [1.165, 1.54) is 6.20 Å². The number of hydrogen-bond acceptors (Lipinski definition) is 8. The molecular formula is C28H23N7O2. The van der Waals surface area contributed by atoms with Gasteiger partial charge in [0.25, 0.3) is 5.56 Å². The van der Waals surface area contributed by atoms with Crippen LogP contribution in [0.5, 0.6) is 5.75 Å². The molecule has 1 atom stereocenters. The van der Waals surface area contributed by atoms with Crippen molar-refractivity contribution in [2.24, 2.45) is 0 Å². The number of ether oxygens (including phenoxy) is 1. The van der Waals surface area contributed by atoms with Gasteiger partial charge in [-0.05, 0) is 42.1 Å². The number of fused-ring (bicyclic) bond motifs is 1. The number of nitriles is 1. The highest BCUT2D eigenvalue weighted by atomic mass is 16.5. The van der Waals surface area contributed by atoms with Crippen molar-refractivity contribution in [3.63, 3.8) is 0 Å². The van der Waals surface area contributed by atoms with E-state index in [0.29, 0.717) is 28.3 Å². The largest absolute Gasteiger partial charge is 0.495 e. The zero-order valence-corrected chi connectivity index (χ0v) is 20.2. The molecule has 0 fully saturated rings. The molecule has 0 aliphatic carbocycles. The second-order valence-electron chi connectivity index (χ2n) is 8.40. The molecule has 0 radical (unpaired) electrons. The number of anilines is 2. The summed E-state index contributed by atoms with van der Waals surface area (Å²) in [6.45, 7) is 1.90. The standard InChI is InChI=1S/C28H23N7O2/c1-17(33-26-20(13-29)15-32-28(30)34-26)24-12-18-7-6-10-23(19-11-22(37-2)16-31-14-19)25(18)27(36)35(24)21-8-4-3-5-9-21/h3-12,14-17H,1-2H3,(H3,30,32,33,34)/t17-/m0/s1. The SMILES string of the molecule is COc1cncc(-c2cccc3cc([C@H](C)Nc4nc(N)ncc4C#N)n(-c4ccccc4)c(=O)c23)c1. The summed E-state index contributed by atoms with van der Waals surface area (Å²) in [5.41, 5.74) is 8.75. The first-order valence-corrected chi connectivity index (χ1v) is 11.5. The third-order valence-electron chi connectivity index (χ3n) is 6.07. The first-order valence-electron chi connectivity index (χ1n) is 11.5. The van der Waals surface area contributed by atoms with E-state index in [1.54, 1.807) is 24.1 Å². The molecule has 9 heteroatoms. The Labute approximate surface area is 212 Å². The monoisotopic (exact) mass is 489 g/mol. The van der Waals surface area contributed by atoms with Crippen LogP contribution in [0.25, 0.3) is 27.6 Å². The fraction of sp³-hybridized carbons (Fsp3) is 0.107. The van der Waals surface area contributed by atoms with Crippen molar-refractivity contribution in [3.05, 3.63) is 101 Å². The lowest BCUT2D eigenvalue weighted by Crippen LogP contribution is -2.26. The average Bonchev–Trinajstić information content (AvgIpc) is 2.93. The molecule has 5 rings (SSSR count). The van der Waals surface area contributed by atoms with Crippen molar-refractivity contribution in [2.45, 2.75) is 13.0 Å². The molecule has 3 N–H and O–H groups in total. The molecule has 2 aromatic carbocycles. The summed E-state index contributed by atoms with van der Waals surface area (Å²) < 4.78 is 7.02. The van der Waals surface area contributed by atoms with E-state index in [-0.39, 0.29) is 17.1 Å². The van der Waals surface area contributed by atoms with Crippen LogP contribution in [0.2, 0.25) is 0 Å². The summed E-state index contributed by atoms with van der Waals surface area (Å²) in [7, 11) is 1.58. The molecule has 5 aromatic rings. The van der Waals surface area contributed by atoms with Gasteiger partial charge in [0.05, 0.1) is 30.9 Å². The maximum absolute atomic E-state index is 14.2. The number of methoxy groups -OCH3 is 1. The molecule has 0 saturated heterocycles. The number of nitrogens with zero attached hydrogens (tertiary/aromatic N) is 5. The number of pyridine rings is 2. The topological polar surface area (TPSA) is 132 Å². The van der Waals surface area contributed by atoms with Gasteiger partial charge in [-0.15, -0.1) is 0 Å². The number of hydrogen-bond donors (Lipinski definition) is 2. The van der Waals surface area contributed by atoms with Crippen LogP contribution >= 0.6 is 0 Å². The van der Waals surface area contributed by atoms with Crippen molar-refractivity contribution >= 4 is 22.5 Å². The van der Waals surface area contributed by atoms with Gasteiger partial charge in [-0.2, -0.15) is 10.2 Å². The van der Waals surface area contributed by atoms with Crippen LogP contribution in [-0.2, 0) is 0 Å². The van der Waals surface area contributed by atoms with E-state index in [4.69, 9.17) is 10.5 Å². The van der Waals surface area contributed by atoms with Crippen LogP contribution in [0.15, 0.2) is 84.0 Å². The van der Waals surface area contributed by atoms with Crippen LogP contribution in [0.4, 0.5) is 11.8 Å². The van der Waals surface area contributed by atoms with Gasteiger partial charge in [-0.25, -0.2) is 4.98 Å². The first kappa shape index (κ1) is 23.5. The summed E-state index contributed by atoms with van der Waals surface area (Å²) in [6, 6.07) is 20.6. The Kier molecular flexibility index (Phi) is 6.22. The highest BCUT2D eigenvalue weighted by molar-refractivity contribution is 5.96. The molecule has 37 heavy (non-hydrogen) atoms. The lowest BCUT2D eigenvalue weighted by atomic mass is 9.98. The molecule has 3 heterocycles. The number of benzene rings is 2. The van der Waals surface area contributed by atoms with Crippen molar-refractivity contribution in [1.29, 1.82) is 5.26 Å². The molecule has 0 spiro atoms. The Bertz CT molecular complexity index is 1710. The van der Waals surface area contributed by atoms with Crippen LogP contribution in [0, 0.1) is 11.3 Å². The molecular weight excluding hydrogens is 466 g/mol. The molecule has 0 amide bonds. The Balaban J connectivity index is 1.74. The fourth-order valence-electron chi connectivity index (χ4n) is 4.33. The second kappa shape index (κ2) is 9.79. The van der Waals surface area contributed by atoms with Crippen molar-refractivity contribution in [2.75, 3.05) is 18.2 Å². The predicted molar refractivity (Wildman–Crippen MR) is 143 cm³/mol. The van der Waals surface area contributed by atoms with Crippen molar-refractivity contribution in [3.8, 4) is 28.6 Å². The molecule has 0 unspecified atom stereocenters. The number of nitrogen functional groups attached to an aromatic ring is 1. The Morgan fingerprint density at radius 3 is 2.65 bits per heavy atom. The molecule has 0 aliphatic heterocycles. The third kappa shape index (κ3) is 4.44. The van der Waals surface area contributed by atoms with Gasteiger partial charge in [0.1, 0.15) is 23.2 Å². The van der Waals surface area contributed by atoms with E-state index in [0.717, 1.165) is 16.5 Å². The number of para-hydroxylation sites is 1. The lowest BCUT2D eigenvalue weighted by Gasteiger charge is -2.22. The first-order chi connectivity index (χ1) is 18.0. The van der Waals surface area contributed by atoms with Crippen LogP contribution in [-0.4, -0.2) is 26.6 Å². The summed E-state index contributed by atoms with van der Waals surface area (Å²) in [6.07, 6.45) is 4.71. The third-order valence-corrected chi connectivity index (χ3v) is 6.07. The lowest BCUT2D eigenvalue weighted by molar-refractivity contribution is 0.413. The van der Waals surface area contributed by atoms with E-state index in [9.17, 15) is 10.1 Å². The highest BCUT2D eigenvalue weighted by Crippen LogP contribution is 2.31. The smallest absolute Gasteiger partial charge is 0.263 e. The van der Waals surface area contributed by atoms with Gasteiger partial charge >= 0.3 is 0 Å². The number of aromatic nitrogens is 4. The number of nitrogens with one attached hydrogen (secondary N) is 1. The average molecular weight is 490 g/mol. The maximum Gasteiger partial charge on any atom is 0.263 e. The fourth-order valence-corrected chi connectivity index (χ4v) is 4.33. The van der Waals surface area contributed by atoms with Crippen LogP contribution < -0.4 is 21.3 Å². The van der Waals surface area contributed by atoms with Gasteiger partial charge < -0.3 is 15.8 Å². The van der Waals surface area contributed by atoms with E-state index in [2.05, 4.69) is 26.3 Å². The number of nitrogens with two attached hydrogens (primary N) is 1. The Morgan fingerprint density at radius 2 is 1.89 bits per heavy atom. The van der Waals surface area contributed by atoms with E-state index in [1.807, 2.05) is 67.6 Å². The minimum absolute atomic E-state index is 0.0456. The number of rotatable bonds is 6. The van der Waals surface area contributed by atoms with Crippen molar-refractivity contribution < 1.29 is 4.74 Å². The normalized spacial score (nSPS) is 11.6. The summed E-state index contributed by atoms with van der Waals surface area (Å²) in [5, 5.41) is 14.1. The second-order valence-corrected chi connectivity index (χ2v) is 8.40. The zero-order valence-electron chi connectivity index (χ0n) is 20.2. The van der Waals surface area contributed by atoms with Crippen LogP contribution in [0.3, 0.4) is 0 Å². The van der Waals surface area contributed by atoms with Gasteiger partial charge in [0, 0.05) is 23.1 Å².